The molecule has 0 aromatic carbocycles. The maximum absolute atomic E-state index is 12.0. The van der Waals surface area contributed by atoms with Crippen LogP contribution in [0.5, 0.6) is 0 Å². The van der Waals surface area contributed by atoms with Gasteiger partial charge in [-0.2, -0.15) is 0 Å². The molecule has 0 rings (SSSR count). The predicted octanol–water partition coefficient (Wildman–Crippen LogP) is 2.71. The van der Waals surface area contributed by atoms with Crippen molar-refractivity contribution in [2.75, 3.05) is 19.6 Å². The number of carbonyl (C=O) groups excluding carboxylic acids is 1. The highest BCUT2D eigenvalue weighted by atomic mass is 16.4. The zero-order valence-electron chi connectivity index (χ0n) is 13.2. The van der Waals surface area contributed by atoms with Gasteiger partial charge in [0.05, 0.1) is 6.54 Å². The van der Waals surface area contributed by atoms with E-state index in [2.05, 4.69) is 18.2 Å². The van der Waals surface area contributed by atoms with Gasteiger partial charge in [0.2, 0.25) is 0 Å². The minimum atomic E-state index is -0.761. The fraction of sp³-hybridized carbons (Fsp3) is 0.750. The second-order valence-electron chi connectivity index (χ2n) is 5.23. The van der Waals surface area contributed by atoms with Crippen LogP contribution in [0.25, 0.3) is 0 Å². The van der Waals surface area contributed by atoms with E-state index in [1.807, 2.05) is 6.92 Å². The molecule has 0 aliphatic rings. The Bertz CT molecular complexity index is 350. The molecule has 0 aromatic heterocycles. The quantitative estimate of drug-likeness (QED) is 0.576. The number of carboxylic acid groups (broad SMARTS) is 1. The molecule has 2 amide bonds. The van der Waals surface area contributed by atoms with E-state index < -0.39 is 5.97 Å². The van der Waals surface area contributed by atoms with Gasteiger partial charge in [0.15, 0.2) is 0 Å². The van der Waals surface area contributed by atoms with Crippen molar-refractivity contribution >= 4 is 12.0 Å². The molecule has 0 bridgehead atoms. The van der Waals surface area contributed by atoms with Gasteiger partial charge in [-0.1, -0.05) is 32.6 Å². The molecule has 0 radical (unpaired) electrons. The maximum atomic E-state index is 12.0. The van der Waals surface area contributed by atoms with Crippen LogP contribution in [-0.4, -0.2) is 41.6 Å². The first kappa shape index (κ1) is 19.3. The van der Waals surface area contributed by atoms with E-state index >= 15 is 0 Å². The molecular weight excluding hydrogens is 268 g/mol. The SMILES string of the molecule is C#CCN(CCC)C(=O)NCCC(CCC)CCC(=O)O. The van der Waals surface area contributed by atoms with Crippen molar-refractivity contribution in [2.24, 2.45) is 5.92 Å². The second-order valence-corrected chi connectivity index (χ2v) is 5.23. The number of aliphatic carboxylic acids is 1. The molecule has 21 heavy (non-hydrogen) atoms. The van der Waals surface area contributed by atoms with E-state index in [4.69, 9.17) is 11.5 Å². The molecule has 0 saturated heterocycles. The Morgan fingerprint density at radius 1 is 1.24 bits per heavy atom. The number of urea groups is 1. The van der Waals surface area contributed by atoms with Gasteiger partial charge < -0.3 is 15.3 Å². The third kappa shape index (κ3) is 9.78. The molecule has 5 heteroatoms. The minimum Gasteiger partial charge on any atom is -0.481 e. The lowest BCUT2D eigenvalue weighted by atomic mass is 9.94. The number of carboxylic acids is 1. The number of carbonyl (C=O) groups is 2. The van der Waals surface area contributed by atoms with E-state index in [0.29, 0.717) is 32.0 Å². The topological polar surface area (TPSA) is 69.6 Å². The van der Waals surface area contributed by atoms with Gasteiger partial charge in [0.25, 0.3) is 0 Å². The normalized spacial score (nSPS) is 11.5. The summed E-state index contributed by atoms with van der Waals surface area (Å²) in [5.41, 5.74) is 0. The average Bonchev–Trinajstić information content (AvgIpc) is 2.44. The van der Waals surface area contributed by atoms with E-state index in [-0.39, 0.29) is 12.5 Å². The Morgan fingerprint density at radius 2 is 1.95 bits per heavy atom. The molecule has 0 saturated carbocycles. The van der Waals surface area contributed by atoms with E-state index in [1.54, 1.807) is 4.90 Å². The minimum absolute atomic E-state index is 0.136. The first-order chi connectivity index (χ1) is 10.0. The highest BCUT2D eigenvalue weighted by Crippen LogP contribution is 2.17. The Labute approximate surface area is 128 Å². The van der Waals surface area contributed by atoms with Crippen LogP contribution in [0.15, 0.2) is 0 Å². The van der Waals surface area contributed by atoms with Crippen LogP contribution in [0.4, 0.5) is 4.79 Å². The highest BCUT2D eigenvalue weighted by molar-refractivity contribution is 5.74. The van der Waals surface area contributed by atoms with E-state index in [0.717, 1.165) is 25.7 Å². The fourth-order valence-corrected chi connectivity index (χ4v) is 2.30. The van der Waals surface area contributed by atoms with Gasteiger partial charge in [-0.15, -0.1) is 6.42 Å². The second kappa shape index (κ2) is 12.1. The number of hydrogen-bond donors (Lipinski definition) is 2. The molecule has 0 aliphatic heterocycles. The van der Waals surface area contributed by atoms with Crippen molar-refractivity contribution in [3.63, 3.8) is 0 Å². The number of amides is 2. The highest BCUT2D eigenvalue weighted by Gasteiger charge is 2.13. The zero-order valence-corrected chi connectivity index (χ0v) is 13.2. The molecule has 0 heterocycles. The number of nitrogens with one attached hydrogen (secondary N) is 1. The number of hydrogen-bond acceptors (Lipinski definition) is 2. The van der Waals surface area contributed by atoms with Crippen molar-refractivity contribution in [1.29, 1.82) is 0 Å². The molecule has 1 unspecified atom stereocenters. The summed E-state index contributed by atoms with van der Waals surface area (Å²) in [7, 11) is 0. The largest absolute Gasteiger partial charge is 0.481 e. The van der Waals surface area contributed by atoms with Crippen LogP contribution in [0.3, 0.4) is 0 Å². The van der Waals surface area contributed by atoms with Crippen LogP contribution in [-0.2, 0) is 4.79 Å². The first-order valence-corrected chi connectivity index (χ1v) is 7.73. The monoisotopic (exact) mass is 296 g/mol. The van der Waals surface area contributed by atoms with Crippen molar-refractivity contribution < 1.29 is 14.7 Å². The molecule has 2 N–H and O–H groups in total. The number of rotatable bonds is 11. The number of terminal acetylenes is 1. The van der Waals surface area contributed by atoms with Crippen LogP contribution in [0.1, 0.15) is 52.4 Å². The fourth-order valence-electron chi connectivity index (χ4n) is 2.30. The van der Waals surface area contributed by atoms with Gasteiger partial charge in [0, 0.05) is 19.5 Å². The summed E-state index contributed by atoms with van der Waals surface area (Å²) < 4.78 is 0. The Kier molecular flexibility index (Phi) is 11.1. The summed E-state index contributed by atoms with van der Waals surface area (Å²) in [5.74, 6) is 2.07. The van der Waals surface area contributed by atoms with Gasteiger partial charge in [-0.05, 0) is 25.2 Å². The van der Waals surface area contributed by atoms with Gasteiger partial charge >= 0.3 is 12.0 Å². The molecule has 0 aromatic rings. The van der Waals surface area contributed by atoms with Crippen LogP contribution >= 0.6 is 0 Å². The number of nitrogens with zero attached hydrogens (tertiary/aromatic N) is 1. The lowest BCUT2D eigenvalue weighted by Gasteiger charge is -2.21. The van der Waals surface area contributed by atoms with E-state index in [1.165, 1.54) is 0 Å². The van der Waals surface area contributed by atoms with Gasteiger partial charge in [-0.3, -0.25) is 4.79 Å². The maximum Gasteiger partial charge on any atom is 0.318 e. The summed E-state index contributed by atoms with van der Waals surface area (Å²) in [6.07, 6.45) is 9.81. The van der Waals surface area contributed by atoms with Crippen LogP contribution < -0.4 is 5.32 Å². The Morgan fingerprint density at radius 3 is 2.48 bits per heavy atom. The summed E-state index contributed by atoms with van der Waals surface area (Å²) in [6, 6.07) is -0.136. The van der Waals surface area contributed by atoms with E-state index in [9.17, 15) is 9.59 Å². The molecule has 1 atom stereocenters. The standard InChI is InChI=1S/C16H28N2O3/c1-4-7-14(8-9-15(19)20)10-11-17-16(21)18(12-5-2)13-6-3/h2,14H,4,6-13H2,1,3H3,(H,17,21)(H,19,20). The molecule has 120 valence electrons. The zero-order chi connectivity index (χ0) is 16.1. The smallest absolute Gasteiger partial charge is 0.318 e. The molecule has 5 nitrogen and oxygen atoms in total. The Hall–Kier alpha value is -1.70. The lowest BCUT2D eigenvalue weighted by molar-refractivity contribution is -0.137. The molecule has 0 aliphatic carbocycles. The van der Waals surface area contributed by atoms with Gasteiger partial charge in [0.1, 0.15) is 0 Å². The van der Waals surface area contributed by atoms with Crippen molar-refractivity contribution in [3.05, 3.63) is 0 Å². The van der Waals surface area contributed by atoms with Crippen molar-refractivity contribution in [2.45, 2.75) is 52.4 Å². The molecular formula is C16H28N2O3. The first-order valence-electron chi connectivity index (χ1n) is 7.73. The average molecular weight is 296 g/mol. The predicted molar refractivity (Wildman–Crippen MR) is 84.0 cm³/mol. The third-order valence-electron chi connectivity index (χ3n) is 3.36. The summed E-state index contributed by atoms with van der Waals surface area (Å²) >= 11 is 0. The summed E-state index contributed by atoms with van der Waals surface area (Å²) in [5, 5.41) is 11.6. The molecule has 0 spiro atoms. The summed E-state index contributed by atoms with van der Waals surface area (Å²) in [6.45, 7) is 5.61. The van der Waals surface area contributed by atoms with Gasteiger partial charge in [-0.25, -0.2) is 4.79 Å². The lowest BCUT2D eigenvalue weighted by Crippen LogP contribution is -2.41. The summed E-state index contributed by atoms with van der Waals surface area (Å²) in [4.78, 5) is 24.2. The van der Waals surface area contributed by atoms with Crippen LogP contribution in [0.2, 0.25) is 0 Å². The van der Waals surface area contributed by atoms with Crippen molar-refractivity contribution in [1.82, 2.24) is 10.2 Å². The molecule has 0 fully saturated rings. The van der Waals surface area contributed by atoms with Crippen molar-refractivity contribution in [3.8, 4) is 12.3 Å². The third-order valence-corrected chi connectivity index (χ3v) is 3.36. The van der Waals surface area contributed by atoms with Crippen LogP contribution in [0, 0.1) is 18.3 Å². The Balaban J connectivity index is 4.13.